The second-order valence-corrected chi connectivity index (χ2v) is 4.31. The lowest BCUT2D eigenvalue weighted by atomic mass is 10.1. The van der Waals surface area contributed by atoms with Crippen LogP contribution in [0.15, 0.2) is 36.7 Å². The molecule has 2 aromatic heterocycles. The third-order valence-corrected chi connectivity index (χ3v) is 2.73. The second-order valence-electron chi connectivity index (χ2n) is 4.31. The van der Waals surface area contributed by atoms with Crippen LogP contribution in [0.3, 0.4) is 0 Å². The lowest BCUT2D eigenvalue weighted by Gasteiger charge is -2.05. The van der Waals surface area contributed by atoms with Gasteiger partial charge in [0.1, 0.15) is 0 Å². The van der Waals surface area contributed by atoms with E-state index in [1.54, 1.807) is 18.2 Å². The Morgan fingerprint density at radius 2 is 1.95 bits per heavy atom. The standard InChI is InChI=1S/C14H15N5O2/c15-5-3-13(20)19-10-1-2-11(18-8-10)12-7-9(14(16)21)4-6-17-12/h1-2,4,6-8H,3,5,15H2,(H2,16,21)(H,19,20). The summed E-state index contributed by atoms with van der Waals surface area (Å²) in [5, 5.41) is 2.68. The van der Waals surface area contributed by atoms with Crippen molar-refractivity contribution in [3.8, 4) is 11.4 Å². The molecule has 0 atom stereocenters. The van der Waals surface area contributed by atoms with Crippen LogP contribution >= 0.6 is 0 Å². The molecule has 2 rings (SSSR count). The third kappa shape index (κ3) is 3.83. The van der Waals surface area contributed by atoms with E-state index in [0.29, 0.717) is 29.2 Å². The highest BCUT2D eigenvalue weighted by molar-refractivity contribution is 5.93. The Hall–Kier alpha value is -2.80. The van der Waals surface area contributed by atoms with Gasteiger partial charge < -0.3 is 16.8 Å². The molecule has 0 unspecified atom stereocenters. The van der Waals surface area contributed by atoms with Crippen molar-refractivity contribution in [3.05, 3.63) is 42.2 Å². The number of amides is 2. The van der Waals surface area contributed by atoms with E-state index in [2.05, 4.69) is 15.3 Å². The van der Waals surface area contributed by atoms with E-state index < -0.39 is 5.91 Å². The van der Waals surface area contributed by atoms with Gasteiger partial charge in [0.15, 0.2) is 0 Å². The summed E-state index contributed by atoms with van der Waals surface area (Å²) in [6.45, 7) is 0.293. The summed E-state index contributed by atoms with van der Waals surface area (Å²) in [6, 6.07) is 6.51. The molecule has 5 N–H and O–H groups in total. The Morgan fingerprint density at radius 1 is 1.14 bits per heavy atom. The molecule has 7 nitrogen and oxygen atoms in total. The van der Waals surface area contributed by atoms with E-state index in [4.69, 9.17) is 11.5 Å². The normalized spacial score (nSPS) is 10.1. The average Bonchev–Trinajstić information content (AvgIpc) is 2.48. The first-order valence-electron chi connectivity index (χ1n) is 6.32. The molecule has 2 heterocycles. The zero-order valence-electron chi connectivity index (χ0n) is 11.2. The fourth-order valence-corrected chi connectivity index (χ4v) is 1.70. The molecule has 108 valence electrons. The van der Waals surface area contributed by atoms with Crippen molar-refractivity contribution >= 4 is 17.5 Å². The van der Waals surface area contributed by atoms with Gasteiger partial charge in [-0.1, -0.05) is 0 Å². The minimum atomic E-state index is -0.524. The number of carbonyl (C=O) groups is 2. The van der Waals surface area contributed by atoms with Gasteiger partial charge in [0.25, 0.3) is 0 Å². The van der Waals surface area contributed by atoms with Gasteiger partial charge in [0.2, 0.25) is 11.8 Å². The van der Waals surface area contributed by atoms with Crippen molar-refractivity contribution in [2.24, 2.45) is 11.5 Å². The molecule has 0 radical (unpaired) electrons. The van der Waals surface area contributed by atoms with Gasteiger partial charge in [-0.25, -0.2) is 0 Å². The highest BCUT2D eigenvalue weighted by Crippen LogP contribution is 2.17. The Labute approximate surface area is 121 Å². The molecular formula is C14H15N5O2. The molecule has 0 aliphatic rings. The first-order chi connectivity index (χ1) is 10.1. The van der Waals surface area contributed by atoms with Gasteiger partial charge in [0.05, 0.1) is 23.3 Å². The van der Waals surface area contributed by atoms with Crippen molar-refractivity contribution in [3.63, 3.8) is 0 Å². The number of hydrogen-bond acceptors (Lipinski definition) is 5. The number of hydrogen-bond donors (Lipinski definition) is 3. The van der Waals surface area contributed by atoms with Gasteiger partial charge in [-0.3, -0.25) is 19.6 Å². The quantitative estimate of drug-likeness (QED) is 0.739. The van der Waals surface area contributed by atoms with Crippen LogP contribution in [-0.4, -0.2) is 28.3 Å². The van der Waals surface area contributed by atoms with Gasteiger partial charge >= 0.3 is 0 Å². The van der Waals surface area contributed by atoms with Crippen molar-refractivity contribution in [2.75, 3.05) is 11.9 Å². The summed E-state index contributed by atoms with van der Waals surface area (Å²) < 4.78 is 0. The van der Waals surface area contributed by atoms with Crippen LogP contribution in [-0.2, 0) is 4.79 Å². The maximum absolute atomic E-state index is 11.4. The lowest BCUT2D eigenvalue weighted by Crippen LogP contribution is -2.16. The van der Waals surface area contributed by atoms with Crippen LogP contribution in [0.25, 0.3) is 11.4 Å². The van der Waals surface area contributed by atoms with Gasteiger partial charge in [0, 0.05) is 24.7 Å². The Balaban J connectivity index is 2.17. The number of carbonyl (C=O) groups excluding carboxylic acids is 2. The zero-order chi connectivity index (χ0) is 15.2. The fourth-order valence-electron chi connectivity index (χ4n) is 1.70. The summed E-state index contributed by atoms with van der Waals surface area (Å²) in [5.74, 6) is -0.690. The Bertz CT molecular complexity index is 655. The number of nitrogens with zero attached hydrogens (tertiary/aromatic N) is 2. The SMILES string of the molecule is NCCC(=O)Nc1ccc(-c2cc(C(N)=O)ccn2)nc1. The number of aromatic nitrogens is 2. The fraction of sp³-hybridized carbons (Fsp3) is 0.143. The molecule has 0 aromatic carbocycles. The highest BCUT2D eigenvalue weighted by atomic mass is 16.1. The van der Waals surface area contributed by atoms with Crippen LogP contribution in [0.5, 0.6) is 0 Å². The minimum absolute atomic E-state index is 0.166. The first kappa shape index (κ1) is 14.6. The number of nitrogens with one attached hydrogen (secondary N) is 1. The molecule has 0 saturated carbocycles. The van der Waals surface area contributed by atoms with Crippen molar-refractivity contribution in [2.45, 2.75) is 6.42 Å². The van der Waals surface area contributed by atoms with Crippen molar-refractivity contribution in [1.82, 2.24) is 9.97 Å². The van der Waals surface area contributed by atoms with E-state index in [1.165, 1.54) is 18.5 Å². The van der Waals surface area contributed by atoms with Crippen LogP contribution in [0, 0.1) is 0 Å². The van der Waals surface area contributed by atoms with Crippen molar-refractivity contribution < 1.29 is 9.59 Å². The molecule has 2 amide bonds. The van der Waals surface area contributed by atoms with E-state index in [-0.39, 0.29) is 12.3 Å². The molecule has 7 heteroatoms. The predicted octanol–water partition coefficient (Wildman–Crippen LogP) is 0.530. The maximum Gasteiger partial charge on any atom is 0.248 e. The summed E-state index contributed by atoms with van der Waals surface area (Å²) in [7, 11) is 0. The van der Waals surface area contributed by atoms with Crippen LogP contribution in [0.4, 0.5) is 5.69 Å². The Morgan fingerprint density at radius 3 is 2.57 bits per heavy atom. The van der Waals surface area contributed by atoms with Crippen LogP contribution in [0.2, 0.25) is 0 Å². The number of pyridine rings is 2. The largest absolute Gasteiger partial charge is 0.366 e. The molecule has 0 aliphatic heterocycles. The highest BCUT2D eigenvalue weighted by Gasteiger charge is 2.06. The molecule has 0 fully saturated rings. The molecule has 0 saturated heterocycles. The summed E-state index contributed by atoms with van der Waals surface area (Å²) in [4.78, 5) is 30.9. The summed E-state index contributed by atoms with van der Waals surface area (Å²) >= 11 is 0. The number of nitrogens with two attached hydrogens (primary N) is 2. The van der Waals surface area contributed by atoms with E-state index in [1.807, 2.05) is 0 Å². The molecule has 0 bridgehead atoms. The number of rotatable bonds is 5. The smallest absolute Gasteiger partial charge is 0.248 e. The number of primary amides is 1. The predicted molar refractivity (Wildman–Crippen MR) is 78.3 cm³/mol. The van der Waals surface area contributed by atoms with Gasteiger partial charge in [-0.2, -0.15) is 0 Å². The topological polar surface area (TPSA) is 124 Å². The van der Waals surface area contributed by atoms with E-state index in [0.717, 1.165) is 0 Å². The van der Waals surface area contributed by atoms with E-state index >= 15 is 0 Å². The van der Waals surface area contributed by atoms with Crippen LogP contribution in [0.1, 0.15) is 16.8 Å². The van der Waals surface area contributed by atoms with Gasteiger partial charge in [-0.15, -0.1) is 0 Å². The second kappa shape index (κ2) is 6.58. The molecule has 0 spiro atoms. The Kier molecular flexibility index (Phi) is 4.57. The monoisotopic (exact) mass is 285 g/mol. The molecule has 21 heavy (non-hydrogen) atoms. The minimum Gasteiger partial charge on any atom is -0.366 e. The third-order valence-electron chi connectivity index (χ3n) is 2.73. The molecular weight excluding hydrogens is 270 g/mol. The first-order valence-corrected chi connectivity index (χ1v) is 6.32. The van der Waals surface area contributed by atoms with Crippen molar-refractivity contribution in [1.29, 1.82) is 0 Å². The van der Waals surface area contributed by atoms with E-state index in [9.17, 15) is 9.59 Å². The van der Waals surface area contributed by atoms with Crippen LogP contribution < -0.4 is 16.8 Å². The zero-order valence-corrected chi connectivity index (χ0v) is 11.2. The maximum atomic E-state index is 11.4. The molecule has 2 aromatic rings. The average molecular weight is 285 g/mol. The summed E-state index contributed by atoms with van der Waals surface area (Å²) in [6.07, 6.45) is 3.26. The summed E-state index contributed by atoms with van der Waals surface area (Å²) in [5.41, 5.74) is 12.6. The van der Waals surface area contributed by atoms with Gasteiger partial charge in [-0.05, 0) is 24.3 Å². The number of anilines is 1. The molecule has 0 aliphatic carbocycles. The lowest BCUT2D eigenvalue weighted by molar-refractivity contribution is -0.116.